The summed E-state index contributed by atoms with van der Waals surface area (Å²) in [6.07, 6.45) is 0.944. The summed E-state index contributed by atoms with van der Waals surface area (Å²) < 4.78 is 2.47. The van der Waals surface area contributed by atoms with Crippen molar-refractivity contribution >= 4 is 15.9 Å². The maximum atomic E-state index is 6.01. The Morgan fingerprint density at radius 1 is 1.54 bits per heavy atom. The van der Waals surface area contributed by atoms with Gasteiger partial charge in [-0.2, -0.15) is 0 Å². The highest BCUT2D eigenvalue weighted by molar-refractivity contribution is 9.10. The molecule has 1 aromatic heterocycles. The van der Waals surface area contributed by atoms with Crippen LogP contribution in [0.3, 0.4) is 0 Å². The molecule has 0 amide bonds. The molecule has 1 atom stereocenters. The second kappa shape index (κ2) is 4.19. The van der Waals surface area contributed by atoms with Crippen molar-refractivity contribution < 1.29 is 0 Å². The van der Waals surface area contributed by atoms with Crippen LogP contribution in [-0.2, 0) is 7.05 Å². The molecule has 0 fully saturated rings. The highest BCUT2D eigenvalue weighted by atomic mass is 79.9. The maximum absolute atomic E-state index is 6.01. The number of nitrogens with zero attached hydrogens (tertiary/aromatic N) is 3. The van der Waals surface area contributed by atoms with E-state index in [1.165, 1.54) is 0 Å². The van der Waals surface area contributed by atoms with Crippen molar-refractivity contribution in [3.8, 4) is 0 Å². The largest absolute Gasteiger partial charge is 0.323 e. The standard InChI is InChI=1S/C8H15BrN4/c1-5(2)4-6(10)7-8(9)11-12-13(7)3/h5-6H,4,10H2,1-3H3. The van der Waals surface area contributed by atoms with Crippen LogP contribution < -0.4 is 5.73 Å². The van der Waals surface area contributed by atoms with Crippen LogP contribution in [0.15, 0.2) is 4.60 Å². The molecule has 1 aromatic rings. The van der Waals surface area contributed by atoms with Gasteiger partial charge in [0.05, 0.1) is 5.69 Å². The Morgan fingerprint density at radius 2 is 2.15 bits per heavy atom. The lowest BCUT2D eigenvalue weighted by atomic mass is 10.0. The minimum atomic E-state index is 0.00868. The molecule has 13 heavy (non-hydrogen) atoms. The minimum Gasteiger partial charge on any atom is -0.323 e. The number of nitrogens with two attached hydrogens (primary N) is 1. The number of aromatic nitrogens is 3. The summed E-state index contributed by atoms with van der Waals surface area (Å²) in [5.41, 5.74) is 6.98. The Bertz CT molecular complexity index is 262. The Balaban J connectivity index is 2.81. The van der Waals surface area contributed by atoms with Crippen LogP contribution >= 0.6 is 15.9 Å². The smallest absolute Gasteiger partial charge is 0.153 e. The van der Waals surface area contributed by atoms with Gasteiger partial charge in [0, 0.05) is 13.1 Å². The average molecular weight is 247 g/mol. The molecule has 4 nitrogen and oxygen atoms in total. The van der Waals surface area contributed by atoms with Crippen molar-refractivity contribution in [2.75, 3.05) is 0 Å². The van der Waals surface area contributed by atoms with E-state index in [-0.39, 0.29) is 6.04 Å². The van der Waals surface area contributed by atoms with Crippen LogP contribution in [0.25, 0.3) is 0 Å². The van der Waals surface area contributed by atoms with E-state index in [0.717, 1.165) is 16.7 Å². The number of hydrogen-bond acceptors (Lipinski definition) is 3. The zero-order valence-electron chi connectivity index (χ0n) is 8.16. The zero-order valence-corrected chi connectivity index (χ0v) is 9.74. The van der Waals surface area contributed by atoms with Crippen LogP contribution in [0, 0.1) is 5.92 Å². The van der Waals surface area contributed by atoms with E-state index < -0.39 is 0 Å². The molecule has 1 heterocycles. The van der Waals surface area contributed by atoms with Crippen LogP contribution in [0.1, 0.15) is 32.0 Å². The van der Waals surface area contributed by atoms with Gasteiger partial charge in [0.2, 0.25) is 0 Å². The summed E-state index contributed by atoms with van der Waals surface area (Å²) >= 11 is 3.33. The summed E-state index contributed by atoms with van der Waals surface area (Å²) in [4.78, 5) is 0. The third kappa shape index (κ3) is 2.51. The molecule has 0 radical (unpaired) electrons. The maximum Gasteiger partial charge on any atom is 0.153 e. The second-order valence-corrected chi connectivity index (χ2v) is 4.38. The van der Waals surface area contributed by atoms with Crippen molar-refractivity contribution in [1.29, 1.82) is 0 Å². The highest BCUT2D eigenvalue weighted by Gasteiger charge is 2.16. The molecule has 74 valence electrons. The van der Waals surface area contributed by atoms with Gasteiger partial charge in [-0.3, -0.25) is 0 Å². The van der Waals surface area contributed by atoms with Crippen molar-refractivity contribution in [3.63, 3.8) is 0 Å². The molecule has 0 aliphatic carbocycles. The zero-order chi connectivity index (χ0) is 10.0. The molecule has 0 aliphatic heterocycles. The fourth-order valence-electron chi connectivity index (χ4n) is 1.35. The third-order valence-corrected chi connectivity index (χ3v) is 2.47. The molecule has 0 spiro atoms. The Labute approximate surface area is 86.6 Å². The van der Waals surface area contributed by atoms with Crippen LogP contribution in [-0.4, -0.2) is 15.0 Å². The van der Waals surface area contributed by atoms with E-state index in [9.17, 15) is 0 Å². The summed E-state index contributed by atoms with van der Waals surface area (Å²) in [6, 6.07) is 0.00868. The lowest BCUT2D eigenvalue weighted by Crippen LogP contribution is -2.17. The topological polar surface area (TPSA) is 56.7 Å². The van der Waals surface area contributed by atoms with Crippen LogP contribution in [0.4, 0.5) is 0 Å². The molecule has 0 aliphatic rings. The quantitative estimate of drug-likeness (QED) is 0.883. The van der Waals surface area contributed by atoms with Gasteiger partial charge >= 0.3 is 0 Å². The normalized spacial score (nSPS) is 13.7. The van der Waals surface area contributed by atoms with Gasteiger partial charge in [-0.05, 0) is 28.3 Å². The molecule has 1 unspecified atom stereocenters. The molecule has 1 rings (SSSR count). The molecule has 0 aromatic carbocycles. The predicted octanol–water partition coefficient (Wildman–Crippen LogP) is 1.62. The first-order valence-electron chi connectivity index (χ1n) is 4.33. The first kappa shape index (κ1) is 10.7. The number of hydrogen-bond donors (Lipinski definition) is 1. The van der Waals surface area contributed by atoms with Gasteiger partial charge in [0.25, 0.3) is 0 Å². The van der Waals surface area contributed by atoms with Crippen LogP contribution in [0.5, 0.6) is 0 Å². The SMILES string of the molecule is CC(C)CC(N)c1c(Br)nnn1C. The van der Waals surface area contributed by atoms with Crippen molar-refractivity contribution in [2.45, 2.75) is 26.3 Å². The van der Waals surface area contributed by atoms with E-state index >= 15 is 0 Å². The monoisotopic (exact) mass is 246 g/mol. The lowest BCUT2D eigenvalue weighted by Gasteiger charge is -2.13. The third-order valence-electron chi connectivity index (χ3n) is 1.90. The van der Waals surface area contributed by atoms with Crippen molar-refractivity contribution in [2.24, 2.45) is 18.7 Å². The number of rotatable bonds is 3. The fourth-order valence-corrected chi connectivity index (χ4v) is 1.97. The first-order chi connectivity index (χ1) is 6.02. The summed E-state index contributed by atoms with van der Waals surface area (Å²) in [7, 11) is 1.85. The summed E-state index contributed by atoms with van der Waals surface area (Å²) in [6.45, 7) is 4.30. The van der Waals surface area contributed by atoms with Gasteiger partial charge in [0.1, 0.15) is 0 Å². The summed E-state index contributed by atoms with van der Waals surface area (Å²) in [5, 5.41) is 7.78. The second-order valence-electron chi connectivity index (χ2n) is 3.63. The molecular weight excluding hydrogens is 232 g/mol. The Kier molecular flexibility index (Phi) is 3.44. The van der Waals surface area contributed by atoms with Crippen LogP contribution in [0.2, 0.25) is 0 Å². The van der Waals surface area contributed by atoms with Gasteiger partial charge in [-0.15, -0.1) is 5.10 Å². The molecule has 0 saturated carbocycles. The molecule has 5 heteroatoms. The van der Waals surface area contributed by atoms with E-state index in [1.807, 2.05) is 7.05 Å². The van der Waals surface area contributed by atoms with E-state index in [1.54, 1.807) is 4.68 Å². The summed E-state index contributed by atoms with van der Waals surface area (Å²) in [5.74, 6) is 0.580. The molecule has 0 bridgehead atoms. The minimum absolute atomic E-state index is 0.00868. The van der Waals surface area contributed by atoms with E-state index in [2.05, 4.69) is 40.1 Å². The molecular formula is C8H15BrN4. The molecule has 2 N–H and O–H groups in total. The van der Waals surface area contributed by atoms with E-state index in [4.69, 9.17) is 5.73 Å². The van der Waals surface area contributed by atoms with Gasteiger partial charge < -0.3 is 5.73 Å². The lowest BCUT2D eigenvalue weighted by molar-refractivity contribution is 0.483. The Morgan fingerprint density at radius 3 is 2.54 bits per heavy atom. The first-order valence-corrected chi connectivity index (χ1v) is 5.12. The average Bonchev–Trinajstić information content (AvgIpc) is 2.29. The number of halogens is 1. The van der Waals surface area contributed by atoms with E-state index in [0.29, 0.717) is 5.92 Å². The van der Waals surface area contributed by atoms with Crippen molar-refractivity contribution in [1.82, 2.24) is 15.0 Å². The highest BCUT2D eigenvalue weighted by Crippen LogP contribution is 2.23. The van der Waals surface area contributed by atoms with Crippen molar-refractivity contribution in [3.05, 3.63) is 10.3 Å². The van der Waals surface area contributed by atoms with Gasteiger partial charge in [-0.1, -0.05) is 19.1 Å². The van der Waals surface area contributed by atoms with Gasteiger partial charge in [0.15, 0.2) is 4.60 Å². The molecule has 0 saturated heterocycles. The fraction of sp³-hybridized carbons (Fsp3) is 0.750. The Hall–Kier alpha value is -0.420. The predicted molar refractivity (Wildman–Crippen MR) is 55.1 cm³/mol. The van der Waals surface area contributed by atoms with Gasteiger partial charge in [-0.25, -0.2) is 4.68 Å². The number of aryl methyl sites for hydroxylation is 1.